The smallest absolute Gasteiger partial charge is 0.163 e. The third-order valence-corrected chi connectivity index (χ3v) is 3.87. The van der Waals surface area contributed by atoms with Crippen LogP contribution in [0, 0.1) is 0 Å². The number of hydrogen-bond acceptors (Lipinski definition) is 5. The Bertz CT molecular complexity index is 701. The van der Waals surface area contributed by atoms with Crippen LogP contribution >= 0.6 is 0 Å². The molecule has 5 heteroatoms. The maximum Gasteiger partial charge on any atom is 0.163 e. The maximum atomic E-state index is 9.50. The molecule has 0 saturated heterocycles. The third kappa shape index (κ3) is 2.39. The maximum absolute atomic E-state index is 9.50. The van der Waals surface area contributed by atoms with Crippen molar-refractivity contribution in [3.63, 3.8) is 0 Å². The Morgan fingerprint density at radius 2 is 1.77 bits per heavy atom. The van der Waals surface area contributed by atoms with Crippen molar-refractivity contribution >= 4 is 5.69 Å². The van der Waals surface area contributed by atoms with Crippen LogP contribution in [0.15, 0.2) is 36.4 Å². The molecule has 0 spiro atoms. The summed E-state index contributed by atoms with van der Waals surface area (Å²) in [4.78, 5) is 0. The Kier molecular flexibility index (Phi) is 3.18. The topological polar surface area (TPSA) is 60.0 Å². The van der Waals surface area contributed by atoms with Gasteiger partial charge in [0.1, 0.15) is 18.1 Å². The summed E-state index contributed by atoms with van der Waals surface area (Å²) < 4.78 is 17.0. The van der Waals surface area contributed by atoms with Gasteiger partial charge in [-0.25, -0.2) is 0 Å². The second kappa shape index (κ2) is 5.33. The Labute approximate surface area is 128 Å². The summed E-state index contributed by atoms with van der Waals surface area (Å²) in [5, 5.41) is 12.9. The van der Waals surface area contributed by atoms with E-state index >= 15 is 0 Å². The second-order valence-electron chi connectivity index (χ2n) is 5.44. The first kappa shape index (κ1) is 13.1. The molecule has 0 radical (unpaired) electrons. The number of phenols is 1. The Balaban J connectivity index is 1.57. The van der Waals surface area contributed by atoms with Gasteiger partial charge in [-0.05, 0) is 24.3 Å². The summed E-state index contributed by atoms with van der Waals surface area (Å²) in [7, 11) is 0. The predicted molar refractivity (Wildman–Crippen MR) is 82.0 cm³/mol. The number of benzene rings is 2. The average molecular weight is 299 g/mol. The SMILES string of the molecule is Oc1ccc2c(c1)OCC2Nc1ccc2c(c1)OCCCO2. The number of hydrogen-bond donors (Lipinski definition) is 2. The van der Waals surface area contributed by atoms with Crippen LogP contribution in [0.25, 0.3) is 0 Å². The summed E-state index contributed by atoms with van der Waals surface area (Å²) in [5.41, 5.74) is 2.00. The zero-order valence-corrected chi connectivity index (χ0v) is 12.0. The van der Waals surface area contributed by atoms with Gasteiger partial charge < -0.3 is 24.6 Å². The van der Waals surface area contributed by atoms with Crippen LogP contribution in [0.1, 0.15) is 18.0 Å². The molecule has 1 unspecified atom stereocenters. The van der Waals surface area contributed by atoms with E-state index in [1.165, 1.54) is 0 Å². The number of rotatable bonds is 2. The van der Waals surface area contributed by atoms with E-state index in [-0.39, 0.29) is 11.8 Å². The van der Waals surface area contributed by atoms with Crippen LogP contribution in [0.5, 0.6) is 23.0 Å². The van der Waals surface area contributed by atoms with Gasteiger partial charge in [0.2, 0.25) is 0 Å². The van der Waals surface area contributed by atoms with Gasteiger partial charge in [0.25, 0.3) is 0 Å². The van der Waals surface area contributed by atoms with E-state index in [0.717, 1.165) is 34.9 Å². The van der Waals surface area contributed by atoms with Crippen LogP contribution in [-0.2, 0) is 0 Å². The fraction of sp³-hybridized carbons (Fsp3) is 0.294. The van der Waals surface area contributed by atoms with Crippen LogP contribution in [0.3, 0.4) is 0 Å². The Morgan fingerprint density at radius 1 is 0.909 bits per heavy atom. The average Bonchev–Trinajstić information content (AvgIpc) is 2.76. The first-order chi connectivity index (χ1) is 10.8. The van der Waals surface area contributed by atoms with Crippen molar-refractivity contribution in [1.82, 2.24) is 0 Å². The number of aromatic hydroxyl groups is 1. The first-order valence-electron chi connectivity index (χ1n) is 7.41. The van der Waals surface area contributed by atoms with Gasteiger partial charge in [-0.3, -0.25) is 0 Å². The van der Waals surface area contributed by atoms with Crippen molar-refractivity contribution in [3.8, 4) is 23.0 Å². The highest BCUT2D eigenvalue weighted by Crippen LogP contribution is 2.38. The molecule has 0 saturated carbocycles. The highest BCUT2D eigenvalue weighted by atomic mass is 16.5. The van der Waals surface area contributed by atoms with Crippen LogP contribution in [-0.4, -0.2) is 24.9 Å². The van der Waals surface area contributed by atoms with E-state index in [2.05, 4.69) is 5.32 Å². The van der Waals surface area contributed by atoms with Gasteiger partial charge in [0, 0.05) is 29.8 Å². The molecule has 2 aliphatic rings. The summed E-state index contributed by atoms with van der Waals surface area (Å²) in [5.74, 6) is 2.50. The van der Waals surface area contributed by atoms with Crippen molar-refractivity contribution < 1.29 is 19.3 Å². The molecule has 0 aliphatic carbocycles. The lowest BCUT2D eigenvalue weighted by Crippen LogP contribution is -2.12. The molecule has 2 aromatic carbocycles. The molecular formula is C17H17NO4. The van der Waals surface area contributed by atoms with Crippen molar-refractivity contribution in [2.45, 2.75) is 12.5 Å². The van der Waals surface area contributed by atoms with E-state index in [9.17, 15) is 5.11 Å². The number of nitrogens with one attached hydrogen (secondary N) is 1. The minimum absolute atomic E-state index is 0.0559. The molecule has 114 valence electrons. The molecular weight excluding hydrogens is 282 g/mol. The van der Waals surface area contributed by atoms with Crippen molar-refractivity contribution in [3.05, 3.63) is 42.0 Å². The molecule has 0 bridgehead atoms. The molecule has 0 amide bonds. The van der Waals surface area contributed by atoms with Crippen LogP contribution in [0.4, 0.5) is 5.69 Å². The molecule has 4 rings (SSSR count). The molecule has 5 nitrogen and oxygen atoms in total. The fourth-order valence-electron chi connectivity index (χ4n) is 2.77. The van der Waals surface area contributed by atoms with E-state index in [1.54, 1.807) is 12.1 Å². The predicted octanol–water partition coefficient (Wildman–Crippen LogP) is 3.10. The molecule has 2 heterocycles. The van der Waals surface area contributed by atoms with Crippen LogP contribution < -0.4 is 19.5 Å². The molecule has 22 heavy (non-hydrogen) atoms. The number of anilines is 1. The van der Waals surface area contributed by atoms with Crippen LogP contribution in [0.2, 0.25) is 0 Å². The zero-order chi connectivity index (χ0) is 14.9. The Hall–Kier alpha value is -2.56. The van der Waals surface area contributed by atoms with Gasteiger partial charge in [0.05, 0.1) is 19.3 Å². The summed E-state index contributed by atoms with van der Waals surface area (Å²) in [6.07, 6.45) is 0.894. The van der Waals surface area contributed by atoms with E-state index in [4.69, 9.17) is 14.2 Å². The standard InChI is InChI=1S/C17H17NO4/c19-12-3-4-13-14(10-22-16(13)9-12)18-11-2-5-15-17(8-11)21-7-1-6-20-15/h2-5,8-9,14,18-19H,1,6-7,10H2. The van der Waals surface area contributed by atoms with Crippen molar-refractivity contribution in [2.24, 2.45) is 0 Å². The molecule has 0 fully saturated rings. The first-order valence-corrected chi connectivity index (χ1v) is 7.41. The Morgan fingerprint density at radius 3 is 2.68 bits per heavy atom. The van der Waals surface area contributed by atoms with Gasteiger partial charge in [-0.15, -0.1) is 0 Å². The molecule has 0 aromatic heterocycles. The second-order valence-corrected chi connectivity index (χ2v) is 5.44. The zero-order valence-electron chi connectivity index (χ0n) is 12.0. The van der Waals surface area contributed by atoms with Crippen molar-refractivity contribution in [1.29, 1.82) is 0 Å². The highest BCUT2D eigenvalue weighted by Gasteiger charge is 2.24. The normalized spacial score (nSPS) is 19.0. The molecule has 2 N–H and O–H groups in total. The third-order valence-electron chi connectivity index (χ3n) is 3.87. The monoisotopic (exact) mass is 299 g/mol. The fourth-order valence-corrected chi connectivity index (χ4v) is 2.77. The minimum atomic E-state index is 0.0559. The largest absolute Gasteiger partial charge is 0.508 e. The lowest BCUT2D eigenvalue weighted by atomic mass is 10.1. The van der Waals surface area contributed by atoms with Gasteiger partial charge >= 0.3 is 0 Å². The molecule has 1 atom stereocenters. The number of ether oxygens (including phenoxy) is 3. The van der Waals surface area contributed by atoms with Gasteiger partial charge in [-0.1, -0.05) is 0 Å². The van der Waals surface area contributed by atoms with Gasteiger partial charge in [-0.2, -0.15) is 0 Å². The van der Waals surface area contributed by atoms with Crippen molar-refractivity contribution in [2.75, 3.05) is 25.1 Å². The highest BCUT2D eigenvalue weighted by molar-refractivity contribution is 5.57. The lowest BCUT2D eigenvalue weighted by molar-refractivity contribution is 0.297. The summed E-state index contributed by atoms with van der Waals surface area (Å²) >= 11 is 0. The van der Waals surface area contributed by atoms with E-state index in [0.29, 0.717) is 19.8 Å². The molecule has 2 aliphatic heterocycles. The summed E-state index contributed by atoms with van der Waals surface area (Å²) in [6.45, 7) is 1.89. The quantitative estimate of drug-likeness (QED) is 0.892. The number of phenolic OH excluding ortho intramolecular Hbond substituents is 1. The molecule has 2 aromatic rings. The van der Waals surface area contributed by atoms with E-state index < -0.39 is 0 Å². The lowest BCUT2D eigenvalue weighted by Gasteiger charge is -2.15. The minimum Gasteiger partial charge on any atom is -0.508 e. The van der Waals surface area contributed by atoms with E-state index in [1.807, 2.05) is 24.3 Å². The summed E-state index contributed by atoms with van der Waals surface area (Å²) in [6, 6.07) is 11.1. The van der Waals surface area contributed by atoms with Gasteiger partial charge in [0.15, 0.2) is 11.5 Å². The number of fused-ring (bicyclic) bond motifs is 2.